The number of rotatable bonds is 5. The Bertz CT molecular complexity index is 1140. The maximum absolute atomic E-state index is 12.7. The summed E-state index contributed by atoms with van der Waals surface area (Å²) in [5, 5.41) is 0. The first-order valence-electron chi connectivity index (χ1n) is 9.10. The molecule has 1 aliphatic heterocycles. The molecule has 1 aliphatic rings. The van der Waals surface area contributed by atoms with E-state index >= 15 is 0 Å². The van der Waals surface area contributed by atoms with Crippen molar-refractivity contribution in [2.75, 3.05) is 11.4 Å². The Morgan fingerprint density at radius 3 is 2.65 bits per heavy atom. The molecule has 2 aromatic heterocycles. The van der Waals surface area contributed by atoms with Crippen molar-refractivity contribution in [2.24, 2.45) is 0 Å². The smallest absolute Gasteiger partial charge is 0.425 e. The first-order chi connectivity index (χ1) is 14.7. The molecule has 3 heterocycles. The van der Waals surface area contributed by atoms with E-state index in [9.17, 15) is 26.7 Å². The third-order valence-corrected chi connectivity index (χ3v) is 5.83. The fraction of sp³-hybridized carbons (Fsp3) is 0.316. The van der Waals surface area contributed by atoms with Crippen LogP contribution in [0.5, 0.6) is 5.75 Å². The van der Waals surface area contributed by atoms with E-state index in [1.54, 1.807) is 17.0 Å². The van der Waals surface area contributed by atoms with E-state index in [2.05, 4.69) is 14.7 Å². The highest BCUT2D eigenvalue weighted by atomic mass is 32.1. The molecule has 0 N–H and O–H groups in total. The van der Waals surface area contributed by atoms with Gasteiger partial charge in [0.1, 0.15) is 17.0 Å². The Morgan fingerprint density at radius 2 is 1.97 bits per heavy atom. The van der Waals surface area contributed by atoms with Gasteiger partial charge in [0.05, 0.1) is 6.54 Å². The molecule has 3 aromatic rings. The first-order valence-corrected chi connectivity index (χ1v) is 9.91. The third kappa shape index (κ3) is 4.84. The molecule has 0 spiro atoms. The number of anilines is 1. The summed E-state index contributed by atoms with van der Waals surface area (Å²) in [6, 6.07) is 6.98. The highest BCUT2D eigenvalue weighted by molar-refractivity contribution is 7.12. The summed E-state index contributed by atoms with van der Waals surface area (Å²) in [4.78, 5) is 21.9. The van der Waals surface area contributed by atoms with E-state index < -0.39 is 23.4 Å². The van der Waals surface area contributed by atoms with Gasteiger partial charge in [-0.25, -0.2) is 9.78 Å². The molecule has 6 nitrogen and oxygen atoms in total. The second-order valence-electron chi connectivity index (χ2n) is 6.81. The predicted molar refractivity (Wildman–Crippen MR) is 103 cm³/mol. The maximum Gasteiger partial charge on any atom is 0.425 e. The summed E-state index contributed by atoms with van der Waals surface area (Å²) >= 11 is 0.565. The van der Waals surface area contributed by atoms with Gasteiger partial charge in [0.15, 0.2) is 0 Å². The van der Waals surface area contributed by atoms with Crippen LogP contribution < -0.4 is 15.3 Å². The van der Waals surface area contributed by atoms with Crippen molar-refractivity contribution < 1.29 is 26.7 Å². The van der Waals surface area contributed by atoms with Crippen LogP contribution in [-0.2, 0) is 25.7 Å². The number of nitrogens with zero attached hydrogens (tertiary/aromatic N) is 4. The van der Waals surface area contributed by atoms with Gasteiger partial charge in [0.25, 0.3) is 0 Å². The average Bonchev–Trinajstić information content (AvgIpc) is 3.18. The van der Waals surface area contributed by atoms with Gasteiger partial charge in [-0.15, -0.1) is 11.3 Å². The van der Waals surface area contributed by atoms with Crippen LogP contribution >= 0.6 is 11.3 Å². The van der Waals surface area contributed by atoms with Crippen LogP contribution in [0, 0.1) is 0 Å². The highest BCUT2D eigenvalue weighted by Crippen LogP contribution is 2.34. The Hall–Kier alpha value is -3.02. The summed E-state index contributed by atoms with van der Waals surface area (Å²) in [5.74, 6) is 0.283. The number of ether oxygens (including phenoxy) is 1. The van der Waals surface area contributed by atoms with E-state index in [-0.39, 0.29) is 18.2 Å². The molecule has 4 rings (SSSR count). The molecule has 0 bridgehead atoms. The summed E-state index contributed by atoms with van der Waals surface area (Å²) in [6.45, 7) is -2.11. The monoisotopic (exact) mass is 458 g/mol. The zero-order valence-corrected chi connectivity index (χ0v) is 16.6. The lowest BCUT2D eigenvalue weighted by molar-refractivity contribution is -0.134. The minimum Gasteiger partial charge on any atom is -0.435 e. The van der Waals surface area contributed by atoms with Crippen molar-refractivity contribution in [1.82, 2.24) is 14.5 Å². The number of halogens is 5. The van der Waals surface area contributed by atoms with Crippen LogP contribution in [0.25, 0.3) is 0 Å². The van der Waals surface area contributed by atoms with Crippen molar-refractivity contribution in [3.05, 3.63) is 68.0 Å². The van der Waals surface area contributed by atoms with Gasteiger partial charge in [-0.2, -0.15) is 26.9 Å². The van der Waals surface area contributed by atoms with E-state index in [4.69, 9.17) is 0 Å². The second-order valence-corrected chi connectivity index (χ2v) is 7.98. The molecule has 31 heavy (non-hydrogen) atoms. The lowest BCUT2D eigenvalue weighted by Crippen LogP contribution is -2.35. The van der Waals surface area contributed by atoms with Crippen molar-refractivity contribution in [1.29, 1.82) is 0 Å². The number of hydrogen-bond donors (Lipinski definition) is 0. The summed E-state index contributed by atoms with van der Waals surface area (Å²) in [5.41, 5.74) is 1.11. The topological polar surface area (TPSA) is 60.3 Å². The van der Waals surface area contributed by atoms with Crippen LogP contribution in [0.4, 0.5) is 27.9 Å². The van der Waals surface area contributed by atoms with Gasteiger partial charge in [-0.05, 0) is 41.8 Å². The van der Waals surface area contributed by atoms with Gasteiger partial charge in [0.2, 0.25) is 5.95 Å². The minimum atomic E-state index is -4.43. The number of aromatic nitrogens is 3. The van der Waals surface area contributed by atoms with E-state index in [1.807, 2.05) is 0 Å². The molecule has 0 fully saturated rings. The van der Waals surface area contributed by atoms with Gasteiger partial charge < -0.3 is 9.64 Å². The number of thiophene rings is 1. The van der Waals surface area contributed by atoms with Gasteiger partial charge in [-0.3, -0.25) is 4.57 Å². The molecule has 0 radical (unpaired) electrons. The van der Waals surface area contributed by atoms with Crippen LogP contribution in [0.2, 0.25) is 0 Å². The molecule has 0 unspecified atom stereocenters. The molecule has 0 aliphatic carbocycles. The van der Waals surface area contributed by atoms with Crippen LogP contribution in [0.15, 0.2) is 41.5 Å². The Morgan fingerprint density at radius 1 is 1.16 bits per heavy atom. The largest absolute Gasteiger partial charge is 0.435 e. The maximum atomic E-state index is 12.7. The number of benzene rings is 1. The van der Waals surface area contributed by atoms with Crippen molar-refractivity contribution in [3.8, 4) is 5.75 Å². The van der Waals surface area contributed by atoms with Crippen molar-refractivity contribution in [3.63, 3.8) is 0 Å². The van der Waals surface area contributed by atoms with Crippen molar-refractivity contribution >= 4 is 17.3 Å². The minimum absolute atomic E-state index is 0.0599. The zero-order valence-electron chi connectivity index (χ0n) is 15.8. The number of alkyl halides is 5. The molecule has 164 valence electrons. The Labute approximate surface area is 176 Å². The fourth-order valence-corrected chi connectivity index (χ4v) is 4.14. The molecular formula is C19H15F5N4O2S. The Balaban J connectivity index is 1.47. The average molecular weight is 458 g/mol. The first kappa shape index (κ1) is 21.2. The molecular weight excluding hydrogens is 443 g/mol. The normalized spacial score (nSPS) is 14.1. The molecule has 0 saturated carbocycles. The molecule has 1 aromatic carbocycles. The zero-order chi connectivity index (χ0) is 22.2. The predicted octanol–water partition coefficient (Wildman–Crippen LogP) is 3.93. The number of fused-ring (bicyclic) bond motifs is 1. The third-order valence-electron chi connectivity index (χ3n) is 4.72. The summed E-state index contributed by atoms with van der Waals surface area (Å²) < 4.78 is 68.5. The van der Waals surface area contributed by atoms with E-state index in [0.29, 0.717) is 35.7 Å². The molecule has 0 atom stereocenters. The second kappa shape index (κ2) is 8.25. The summed E-state index contributed by atoms with van der Waals surface area (Å²) in [7, 11) is 0. The van der Waals surface area contributed by atoms with E-state index in [1.165, 1.54) is 18.5 Å². The lowest BCUT2D eigenvalue weighted by atomic mass is 10.00. The van der Waals surface area contributed by atoms with Crippen LogP contribution in [0.1, 0.15) is 20.9 Å². The lowest BCUT2D eigenvalue weighted by Gasteiger charge is -2.29. The van der Waals surface area contributed by atoms with Crippen LogP contribution in [-0.4, -0.2) is 27.7 Å². The van der Waals surface area contributed by atoms with Gasteiger partial charge in [0, 0.05) is 18.0 Å². The van der Waals surface area contributed by atoms with Gasteiger partial charge in [-0.1, -0.05) is 6.07 Å². The fourth-order valence-electron chi connectivity index (χ4n) is 3.27. The molecule has 12 heteroatoms. The van der Waals surface area contributed by atoms with Crippen molar-refractivity contribution in [2.45, 2.75) is 32.3 Å². The van der Waals surface area contributed by atoms with Gasteiger partial charge >= 0.3 is 18.5 Å². The highest BCUT2D eigenvalue weighted by Gasteiger charge is 2.32. The molecule has 0 saturated heterocycles. The SMILES string of the molecule is O=c1nc(N2CCc3cc(OC(F)F)ccc3C2)ncn1Cc1ccc(C(F)(F)F)s1. The summed E-state index contributed by atoms with van der Waals surface area (Å²) in [6.07, 6.45) is -2.64. The van der Waals surface area contributed by atoms with E-state index in [0.717, 1.165) is 21.8 Å². The molecule has 0 amide bonds. The Kier molecular flexibility index (Phi) is 5.65. The standard InChI is InChI=1S/C19H15F5N4O2S/c20-16(21)30-13-2-1-12-8-27(6-5-11(12)7-13)17-25-10-28(18(29)26-17)9-14-3-4-15(31-14)19(22,23)24/h1-4,7,10,16H,5-6,8-9H2. The quantitative estimate of drug-likeness (QED) is 0.543. The van der Waals surface area contributed by atoms with Crippen LogP contribution in [0.3, 0.4) is 0 Å². The number of hydrogen-bond acceptors (Lipinski definition) is 6.